The zero-order valence-electron chi connectivity index (χ0n) is 11.4. The molecule has 1 aliphatic rings. The Morgan fingerprint density at radius 1 is 1.39 bits per heavy atom. The first kappa shape index (κ1) is 14.0. The van der Waals surface area contributed by atoms with Crippen molar-refractivity contribution in [1.29, 1.82) is 0 Å². The topological polar surface area (TPSA) is 32.3 Å². The molecule has 1 heterocycles. The molecule has 0 spiro atoms. The molecule has 1 aromatic heterocycles. The molecule has 1 aromatic rings. The van der Waals surface area contributed by atoms with Crippen molar-refractivity contribution in [3.8, 4) is 0 Å². The third-order valence-electron chi connectivity index (χ3n) is 3.99. The van der Waals surface area contributed by atoms with Crippen molar-refractivity contribution < 1.29 is 5.11 Å². The normalized spacial score (nSPS) is 26.4. The van der Waals surface area contributed by atoms with Gasteiger partial charge in [0.25, 0.3) is 0 Å². The monoisotopic (exact) mass is 267 g/mol. The lowest BCUT2D eigenvalue weighted by molar-refractivity contribution is 0.0671. The van der Waals surface area contributed by atoms with Crippen LogP contribution in [0.15, 0.2) is 17.5 Å². The van der Waals surface area contributed by atoms with Gasteiger partial charge in [-0.2, -0.15) is 0 Å². The van der Waals surface area contributed by atoms with Crippen LogP contribution < -0.4 is 5.32 Å². The number of nitrogens with one attached hydrogen (secondary N) is 1. The van der Waals surface area contributed by atoms with E-state index in [9.17, 15) is 5.11 Å². The molecule has 102 valence electrons. The Hall–Kier alpha value is -0.380. The first-order valence-corrected chi connectivity index (χ1v) is 8.01. The molecule has 2 N–H and O–H groups in total. The zero-order chi connectivity index (χ0) is 13.0. The van der Waals surface area contributed by atoms with Crippen molar-refractivity contribution in [3.05, 3.63) is 22.4 Å². The van der Waals surface area contributed by atoms with Gasteiger partial charge in [0.2, 0.25) is 0 Å². The lowest BCUT2D eigenvalue weighted by atomic mass is 9.86. The second-order valence-corrected chi connectivity index (χ2v) is 6.74. The van der Waals surface area contributed by atoms with Gasteiger partial charge < -0.3 is 10.4 Å². The van der Waals surface area contributed by atoms with Gasteiger partial charge in [-0.15, -0.1) is 11.3 Å². The van der Waals surface area contributed by atoms with Gasteiger partial charge in [0.1, 0.15) is 0 Å². The van der Waals surface area contributed by atoms with Crippen molar-refractivity contribution >= 4 is 11.3 Å². The molecular weight excluding hydrogens is 242 g/mol. The lowest BCUT2D eigenvalue weighted by Crippen LogP contribution is -2.36. The highest BCUT2D eigenvalue weighted by atomic mass is 32.1. The van der Waals surface area contributed by atoms with Crippen LogP contribution in [0.1, 0.15) is 50.4 Å². The molecule has 18 heavy (non-hydrogen) atoms. The predicted octanol–water partition coefficient (Wildman–Crippen LogP) is 3.59. The molecule has 2 nitrogen and oxygen atoms in total. The summed E-state index contributed by atoms with van der Waals surface area (Å²) in [5.74, 6) is 1.03. The van der Waals surface area contributed by atoms with E-state index in [1.54, 1.807) is 0 Å². The molecule has 1 fully saturated rings. The summed E-state index contributed by atoms with van der Waals surface area (Å²) < 4.78 is 0. The predicted molar refractivity (Wildman–Crippen MR) is 77.9 cm³/mol. The van der Waals surface area contributed by atoms with Gasteiger partial charge in [-0.3, -0.25) is 0 Å². The van der Waals surface area contributed by atoms with Gasteiger partial charge in [-0.25, -0.2) is 0 Å². The quantitative estimate of drug-likeness (QED) is 0.854. The van der Waals surface area contributed by atoms with E-state index >= 15 is 0 Å². The van der Waals surface area contributed by atoms with E-state index < -0.39 is 0 Å². The van der Waals surface area contributed by atoms with Crippen molar-refractivity contribution in [1.82, 2.24) is 5.32 Å². The molecule has 2 rings (SSSR count). The second kappa shape index (κ2) is 6.69. The summed E-state index contributed by atoms with van der Waals surface area (Å²) in [5.41, 5.74) is 0. The van der Waals surface area contributed by atoms with Crippen LogP contribution in [0, 0.1) is 11.8 Å². The fourth-order valence-electron chi connectivity index (χ4n) is 2.84. The number of aliphatic hydroxyl groups excluding tert-OH is 1. The fourth-order valence-corrected chi connectivity index (χ4v) is 3.81. The largest absolute Gasteiger partial charge is 0.393 e. The highest BCUT2D eigenvalue weighted by Gasteiger charge is 2.25. The van der Waals surface area contributed by atoms with E-state index in [2.05, 4.69) is 36.7 Å². The van der Waals surface area contributed by atoms with Crippen LogP contribution >= 0.6 is 11.3 Å². The van der Waals surface area contributed by atoms with Crippen LogP contribution in [0.4, 0.5) is 0 Å². The Bertz CT molecular complexity index is 336. The number of rotatable bonds is 5. The van der Waals surface area contributed by atoms with Gasteiger partial charge in [-0.1, -0.05) is 32.8 Å². The maximum atomic E-state index is 10.0. The van der Waals surface area contributed by atoms with E-state index in [0.717, 1.165) is 13.0 Å². The van der Waals surface area contributed by atoms with Crippen LogP contribution in [0.3, 0.4) is 0 Å². The van der Waals surface area contributed by atoms with Crippen molar-refractivity contribution in [2.45, 2.75) is 51.7 Å². The molecule has 0 bridgehead atoms. The highest BCUT2D eigenvalue weighted by Crippen LogP contribution is 2.28. The maximum absolute atomic E-state index is 10.0. The van der Waals surface area contributed by atoms with E-state index in [4.69, 9.17) is 0 Å². The van der Waals surface area contributed by atoms with Gasteiger partial charge >= 0.3 is 0 Å². The van der Waals surface area contributed by atoms with E-state index in [1.165, 1.54) is 24.1 Å². The Balaban J connectivity index is 1.90. The van der Waals surface area contributed by atoms with Crippen LogP contribution in [-0.2, 0) is 0 Å². The second-order valence-electron chi connectivity index (χ2n) is 5.76. The Morgan fingerprint density at radius 3 is 2.78 bits per heavy atom. The van der Waals surface area contributed by atoms with E-state index in [0.29, 0.717) is 17.9 Å². The van der Waals surface area contributed by atoms with E-state index in [-0.39, 0.29) is 6.10 Å². The molecule has 3 unspecified atom stereocenters. The van der Waals surface area contributed by atoms with Gasteiger partial charge in [-0.05, 0) is 36.1 Å². The average molecular weight is 267 g/mol. The lowest BCUT2D eigenvalue weighted by Gasteiger charge is -2.30. The summed E-state index contributed by atoms with van der Waals surface area (Å²) in [5, 5.41) is 15.8. The standard InChI is InChI=1S/C15H25NOS/c1-11(2)15(14-8-5-9-18-14)16-10-12-6-3-4-7-13(12)17/h5,8-9,11-13,15-17H,3-4,6-7,10H2,1-2H3. The first-order valence-electron chi connectivity index (χ1n) is 7.13. The summed E-state index contributed by atoms with van der Waals surface area (Å²) in [6, 6.07) is 4.76. The number of aliphatic hydroxyl groups is 1. The molecule has 3 atom stereocenters. The zero-order valence-corrected chi connectivity index (χ0v) is 12.2. The molecule has 1 aliphatic carbocycles. The van der Waals surface area contributed by atoms with Crippen molar-refractivity contribution in [2.75, 3.05) is 6.54 Å². The van der Waals surface area contributed by atoms with Gasteiger partial charge in [0.05, 0.1) is 6.10 Å². The van der Waals surface area contributed by atoms with Crippen molar-refractivity contribution in [2.24, 2.45) is 11.8 Å². The minimum Gasteiger partial charge on any atom is -0.393 e. The molecule has 3 heteroatoms. The summed E-state index contributed by atoms with van der Waals surface area (Å²) in [6.45, 7) is 5.46. The van der Waals surface area contributed by atoms with Crippen molar-refractivity contribution in [3.63, 3.8) is 0 Å². The highest BCUT2D eigenvalue weighted by molar-refractivity contribution is 7.10. The number of hydrogen-bond donors (Lipinski definition) is 2. The molecule has 0 aromatic carbocycles. The third-order valence-corrected chi connectivity index (χ3v) is 4.94. The summed E-state index contributed by atoms with van der Waals surface area (Å²) >= 11 is 1.82. The summed E-state index contributed by atoms with van der Waals surface area (Å²) in [7, 11) is 0. The van der Waals surface area contributed by atoms with Crippen LogP contribution in [0.25, 0.3) is 0 Å². The maximum Gasteiger partial charge on any atom is 0.0580 e. The Morgan fingerprint density at radius 2 is 2.17 bits per heavy atom. The third kappa shape index (κ3) is 3.56. The summed E-state index contributed by atoms with van der Waals surface area (Å²) in [6.07, 6.45) is 4.52. The van der Waals surface area contributed by atoms with Gasteiger partial charge in [0.15, 0.2) is 0 Å². The minimum absolute atomic E-state index is 0.0950. The average Bonchev–Trinajstić information content (AvgIpc) is 2.85. The summed E-state index contributed by atoms with van der Waals surface area (Å²) in [4.78, 5) is 1.41. The molecular formula is C15H25NOS. The molecule has 1 saturated carbocycles. The number of hydrogen-bond acceptors (Lipinski definition) is 3. The van der Waals surface area contributed by atoms with Crippen LogP contribution in [-0.4, -0.2) is 17.8 Å². The van der Waals surface area contributed by atoms with E-state index in [1.807, 2.05) is 11.3 Å². The smallest absolute Gasteiger partial charge is 0.0580 e. The first-order chi connectivity index (χ1) is 8.68. The SMILES string of the molecule is CC(C)C(NCC1CCCCC1O)c1cccs1. The Kier molecular flexibility index (Phi) is 5.22. The molecule has 0 saturated heterocycles. The molecule has 0 radical (unpaired) electrons. The Labute approximate surface area is 114 Å². The minimum atomic E-state index is -0.0950. The van der Waals surface area contributed by atoms with Crippen LogP contribution in [0.2, 0.25) is 0 Å². The molecule has 0 aliphatic heterocycles. The fraction of sp³-hybridized carbons (Fsp3) is 0.733. The van der Waals surface area contributed by atoms with Gasteiger partial charge in [0, 0.05) is 17.5 Å². The number of thiophene rings is 1. The van der Waals surface area contributed by atoms with Crippen LogP contribution in [0.5, 0.6) is 0 Å². The molecule has 0 amide bonds.